The molecule has 1 aliphatic rings. The molecular formula is C10H10FNO3. The number of pyridine rings is 1. The molecule has 15 heavy (non-hydrogen) atoms. The summed E-state index contributed by atoms with van der Waals surface area (Å²) in [5.74, 6) is -2.00. The van der Waals surface area contributed by atoms with Crippen molar-refractivity contribution in [2.24, 2.45) is 5.92 Å². The number of carboxylic acids is 1. The number of carbonyl (C=O) groups is 1. The van der Waals surface area contributed by atoms with E-state index in [1.54, 1.807) is 0 Å². The summed E-state index contributed by atoms with van der Waals surface area (Å²) in [4.78, 5) is 14.2. The Morgan fingerprint density at radius 3 is 2.73 bits per heavy atom. The SMILES string of the molecule is O=C(O)C1CC(O)(c2cncc(F)c2)C1. The van der Waals surface area contributed by atoms with Gasteiger partial charge in [-0.05, 0) is 18.9 Å². The molecule has 0 aliphatic heterocycles. The monoisotopic (exact) mass is 211 g/mol. The predicted octanol–water partition coefficient (Wildman–Crippen LogP) is 0.903. The van der Waals surface area contributed by atoms with Gasteiger partial charge in [-0.2, -0.15) is 0 Å². The van der Waals surface area contributed by atoms with E-state index in [1.165, 1.54) is 12.3 Å². The predicted molar refractivity (Wildman–Crippen MR) is 48.5 cm³/mol. The van der Waals surface area contributed by atoms with Gasteiger partial charge in [0.15, 0.2) is 0 Å². The van der Waals surface area contributed by atoms with Gasteiger partial charge in [0, 0.05) is 11.8 Å². The lowest BCUT2D eigenvalue weighted by Crippen LogP contribution is -2.44. The summed E-state index contributed by atoms with van der Waals surface area (Å²) in [7, 11) is 0. The van der Waals surface area contributed by atoms with Crippen LogP contribution in [0.15, 0.2) is 18.5 Å². The fourth-order valence-electron chi connectivity index (χ4n) is 1.83. The minimum atomic E-state index is -1.22. The topological polar surface area (TPSA) is 70.4 Å². The van der Waals surface area contributed by atoms with Gasteiger partial charge >= 0.3 is 5.97 Å². The van der Waals surface area contributed by atoms with Gasteiger partial charge in [-0.1, -0.05) is 0 Å². The van der Waals surface area contributed by atoms with Crippen LogP contribution in [-0.4, -0.2) is 21.2 Å². The van der Waals surface area contributed by atoms with Gasteiger partial charge in [0.1, 0.15) is 5.82 Å². The Bertz CT molecular complexity index is 401. The number of hydrogen-bond donors (Lipinski definition) is 2. The van der Waals surface area contributed by atoms with Crippen molar-refractivity contribution in [3.8, 4) is 0 Å². The second kappa shape index (κ2) is 3.27. The smallest absolute Gasteiger partial charge is 0.306 e. The maximum absolute atomic E-state index is 12.8. The van der Waals surface area contributed by atoms with Gasteiger partial charge in [-0.25, -0.2) is 4.39 Å². The lowest BCUT2D eigenvalue weighted by Gasteiger charge is -2.41. The Balaban J connectivity index is 2.16. The van der Waals surface area contributed by atoms with Gasteiger partial charge in [-0.3, -0.25) is 9.78 Å². The van der Waals surface area contributed by atoms with E-state index in [-0.39, 0.29) is 12.8 Å². The number of aliphatic hydroxyl groups is 1. The third-order valence-electron chi connectivity index (χ3n) is 2.76. The number of aromatic nitrogens is 1. The number of carboxylic acid groups (broad SMARTS) is 1. The number of aliphatic carboxylic acids is 1. The van der Waals surface area contributed by atoms with E-state index in [1.807, 2.05) is 0 Å². The Hall–Kier alpha value is -1.49. The van der Waals surface area contributed by atoms with Crippen LogP contribution in [0.5, 0.6) is 0 Å². The standard InChI is InChI=1S/C10H10FNO3/c11-8-1-7(4-12-5-8)10(15)2-6(3-10)9(13)14/h1,4-6,15H,2-3H2,(H,13,14). The van der Waals surface area contributed by atoms with Gasteiger partial charge < -0.3 is 10.2 Å². The van der Waals surface area contributed by atoms with Crippen molar-refractivity contribution in [3.05, 3.63) is 29.8 Å². The van der Waals surface area contributed by atoms with Crippen LogP contribution in [0, 0.1) is 11.7 Å². The maximum atomic E-state index is 12.8. The summed E-state index contributed by atoms with van der Waals surface area (Å²) in [6.07, 6.45) is 2.64. The fraction of sp³-hybridized carbons (Fsp3) is 0.400. The van der Waals surface area contributed by atoms with Crippen LogP contribution in [0.2, 0.25) is 0 Å². The zero-order valence-electron chi connectivity index (χ0n) is 7.85. The van der Waals surface area contributed by atoms with Crippen molar-refractivity contribution in [1.29, 1.82) is 0 Å². The highest BCUT2D eigenvalue weighted by Gasteiger charge is 2.47. The van der Waals surface area contributed by atoms with Crippen LogP contribution >= 0.6 is 0 Å². The molecule has 80 valence electrons. The molecule has 1 fully saturated rings. The quantitative estimate of drug-likeness (QED) is 0.762. The number of rotatable bonds is 2. The van der Waals surface area contributed by atoms with Crippen molar-refractivity contribution < 1.29 is 19.4 Å². The average Bonchev–Trinajstić information content (AvgIpc) is 2.12. The second-order valence-electron chi connectivity index (χ2n) is 3.87. The Labute approximate surface area is 85.4 Å². The number of hydrogen-bond acceptors (Lipinski definition) is 3. The van der Waals surface area contributed by atoms with Crippen molar-refractivity contribution in [3.63, 3.8) is 0 Å². The molecule has 0 bridgehead atoms. The van der Waals surface area contributed by atoms with Crippen molar-refractivity contribution >= 4 is 5.97 Å². The van der Waals surface area contributed by atoms with Crippen LogP contribution < -0.4 is 0 Å². The normalized spacial score (nSPS) is 29.6. The van der Waals surface area contributed by atoms with Gasteiger partial charge in [0.25, 0.3) is 0 Å². The lowest BCUT2D eigenvalue weighted by molar-refractivity contribution is -0.159. The molecule has 1 heterocycles. The average molecular weight is 211 g/mol. The van der Waals surface area contributed by atoms with Gasteiger partial charge in [0.2, 0.25) is 0 Å². The third-order valence-corrected chi connectivity index (χ3v) is 2.76. The van der Waals surface area contributed by atoms with Gasteiger partial charge in [0.05, 0.1) is 17.7 Å². The highest BCUT2D eigenvalue weighted by Crippen LogP contribution is 2.45. The van der Waals surface area contributed by atoms with E-state index >= 15 is 0 Å². The first kappa shape index (κ1) is 10.0. The minimum Gasteiger partial charge on any atom is -0.481 e. The molecule has 0 atom stereocenters. The van der Waals surface area contributed by atoms with Crippen LogP contribution in [0.4, 0.5) is 4.39 Å². The van der Waals surface area contributed by atoms with Gasteiger partial charge in [-0.15, -0.1) is 0 Å². The van der Waals surface area contributed by atoms with Crippen LogP contribution in [0.1, 0.15) is 18.4 Å². The summed E-state index contributed by atoms with van der Waals surface area (Å²) < 4.78 is 12.8. The Morgan fingerprint density at radius 1 is 1.53 bits per heavy atom. The molecular weight excluding hydrogens is 201 g/mol. The molecule has 0 aromatic carbocycles. The van der Waals surface area contributed by atoms with Crippen LogP contribution in [0.25, 0.3) is 0 Å². The highest BCUT2D eigenvalue weighted by molar-refractivity contribution is 5.71. The molecule has 1 saturated carbocycles. The number of nitrogens with zero attached hydrogens (tertiary/aromatic N) is 1. The Kier molecular flexibility index (Phi) is 2.19. The largest absolute Gasteiger partial charge is 0.481 e. The highest BCUT2D eigenvalue weighted by atomic mass is 19.1. The molecule has 1 aromatic rings. The van der Waals surface area contributed by atoms with Crippen molar-refractivity contribution in [1.82, 2.24) is 4.98 Å². The van der Waals surface area contributed by atoms with E-state index in [9.17, 15) is 14.3 Å². The molecule has 1 aromatic heterocycles. The minimum absolute atomic E-state index is 0.119. The van der Waals surface area contributed by atoms with E-state index in [0.717, 1.165) is 6.20 Å². The molecule has 1 aliphatic carbocycles. The second-order valence-corrected chi connectivity index (χ2v) is 3.87. The summed E-state index contributed by atoms with van der Waals surface area (Å²) in [5, 5.41) is 18.6. The first-order chi connectivity index (χ1) is 7.01. The maximum Gasteiger partial charge on any atom is 0.306 e. The molecule has 0 radical (unpaired) electrons. The van der Waals surface area contributed by atoms with Crippen molar-refractivity contribution in [2.75, 3.05) is 0 Å². The van der Waals surface area contributed by atoms with Crippen LogP contribution in [-0.2, 0) is 10.4 Å². The molecule has 2 N–H and O–H groups in total. The number of halogens is 1. The summed E-state index contributed by atoms with van der Waals surface area (Å²) >= 11 is 0. The lowest BCUT2D eigenvalue weighted by atomic mass is 9.68. The zero-order chi connectivity index (χ0) is 11.1. The Morgan fingerprint density at radius 2 is 2.20 bits per heavy atom. The van der Waals surface area contributed by atoms with E-state index in [4.69, 9.17) is 5.11 Å². The summed E-state index contributed by atoms with van der Waals surface area (Å²) in [5.41, 5.74) is -0.877. The molecule has 0 spiro atoms. The fourth-order valence-corrected chi connectivity index (χ4v) is 1.83. The summed E-state index contributed by atoms with van der Waals surface area (Å²) in [6, 6.07) is 1.19. The molecule has 5 heteroatoms. The third kappa shape index (κ3) is 1.70. The molecule has 4 nitrogen and oxygen atoms in total. The van der Waals surface area contributed by atoms with E-state index in [2.05, 4.69) is 4.98 Å². The van der Waals surface area contributed by atoms with Crippen LogP contribution in [0.3, 0.4) is 0 Å². The molecule has 0 saturated heterocycles. The first-order valence-corrected chi connectivity index (χ1v) is 4.57. The molecule has 2 rings (SSSR count). The summed E-state index contributed by atoms with van der Waals surface area (Å²) in [6.45, 7) is 0. The molecule has 0 amide bonds. The molecule has 0 unspecified atom stereocenters. The first-order valence-electron chi connectivity index (χ1n) is 4.57. The van der Waals surface area contributed by atoms with Crippen molar-refractivity contribution in [2.45, 2.75) is 18.4 Å². The zero-order valence-corrected chi connectivity index (χ0v) is 7.85. The van der Waals surface area contributed by atoms with E-state index < -0.39 is 23.3 Å². The van der Waals surface area contributed by atoms with E-state index in [0.29, 0.717) is 5.56 Å².